The van der Waals surface area contributed by atoms with Gasteiger partial charge in [-0.3, -0.25) is 0 Å². The van der Waals surface area contributed by atoms with Gasteiger partial charge in [0, 0.05) is 28.7 Å². The first-order chi connectivity index (χ1) is 9.25. The Bertz CT molecular complexity index is 571. The zero-order valence-electron chi connectivity index (χ0n) is 11.8. The molecule has 3 heteroatoms. The predicted octanol–water partition coefficient (Wildman–Crippen LogP) is 3.03. The van der Waals surface area contributed by atoms with Crippen molar-refractivity contribution in [2.24, 2.45) is 0 Å². The molecule has 0 aliphatic carbocycles. The minimum absolute atomic E-state index is 0.544. The van der Waals surface area contributed by atoms with Crippen molar-refractivity contribution in [1.29, 1.82) is 0 Å². The van der Waals surface area contributed by atoms with Crippen LogP contribution in [0, 0.1) is 0 Å². The summed E-state index contributed by atoms with van der Waals surface area (Å²) in [6.45, 7) is 6.25. The van der Waals surface area contributed by atoms with E-state index in [1.54, 1.807) is 0 Å². The van der Waals surface area contributed by atoms with Crippen molar-refractivity contribution in [1.82, 2.24) is 10.3 Å². The average molecular weight is 258 g/mol. The summed E-state index contributed by atoms with van der Waals surface area (Å²) >= 11 is 0. The number of H-pyrrole nitrogens is 1. The van der Waals surface area contributed by atoms with E-state index in [0.29, 0.717) is 6.04 Å². The highest BCUT2D eigenvalue weighted by molar-refractivity contribution is 5.89. The maximum absolute atomic E-state index is 5.77. The lowest BCUT2D eigenvalue weighted by Crippen LogP contribution is -2.24. The van der Waals surface area contributed by atoms with Crippen LogP contribution >= 0.6 is 0 Å². The SMILES string of the molecule is CC(C)NCCc1c[nH]c2ccc3c(c12)CCCO3. The van der Waals surface area contributed by atoms with Gasteiger partial charge >= 0.3 is 0 Å². The number of ether oxygens (including phenoxy) is 1. The zero-order valence-corrected chi connectivity index (χ0v) is 11.8. The molecule has 0 radical (unpaired) electrons. The van der Waals surface area contributed by atoms with Gasteiger partial charge in [0.25, 0.3) is 0 Å². The molecule has 3 rings (SSSR count). The van der Waals surface area contributed by atoms with Crippen LogP contribution in [0.2, 0.25) is 0 Å². The van der Waals surface area contributed by atoms with Crippen LogP contribution in [0.1, 0.15) is 31.4 Å². The molecule has 0 saturated carbocycles. The van der Waals surface area contributed by atoms with E-state index in [-0.39, 0.29) is 0 Å². The van der Waals surface area contributed by atoms with Crippen molar-refractivity contribution in [3.05, 3.63) is 29.5 Å². The first-order valence-corrected chi connectivity index (χ1v) is 7.23. The fourth-order valence-electron chi connectivity index (χ4n) is 2.86. The van der Waals surface area contributed by atoms with E-state index in [9.17, 15) is 0 Å². The van der Waals surface area contributed by atoms with Crippen LogP contribution in [0.25, 0.3) is 10.9 Å². The zero-order chi connectivity index (χ0) is 13.2. The van der Waals surface area contributed by atoms with Crippen LogP contribution in [0.15, 0.2) is 18.3 Å². The minimum Gasteiger partial charge on any atom is -0.493 e. The molecule has 1 aliphatic rings. The summed E-state index contributed by atoms with van der Waals surface area (Å²) in [5.41, 5.74) is 4.04. The van der Waals surface area contributed by atoms with Crippen molar-refractivity contribution in [2.75, 3.05) is 13.2 Å². The third-order valence-electron chi connectivity index (χ3n) is 3.77. The van der Waals surface area contributed by atoms with Crippen LogP contribution in [0.4, 0.5) is 0 Å². The van der Waals surface area contributed by atoms with Gasteiger partial charge < -0.3 is 15.0 Å². The maximum Gasteiger partial charge on any atom is 0.123 e. The summed E-state index contributed by atoms with van der Waals surface area (Å²) in [5.74, 6) is 1.08. The number of aromatic amines is 1. The van der Waals surface area contributed by atoms with E-state index in [0.717, 1.165) is 38.2 Å². The van der Waals surface area contributed by atoms with Gasteiger partial charge in [-0.05, 0) is 43.5 Å². The number of fused-ring (bicyclic) bond motifs is 3. The molecule has 3 nitrogen and oxygen atoms in total. The Kier molecular flexibility index (Phi) is 3.47. The molecule has 2 aromatic rings. The van der Waals surface area contributed by atoms with Crippen molar-refractivity contribution in [3.8, 4) is 5.75 Å². The number of aryl methyl sites for hydroxylation is 1. The second kappa shape index (κ2) is 5.25. The van der Waals surface area contributed by atoms with Gasteiger partial charge in [0.05, 0.1) is 6.61 Å². The van der Waals surface area contributed by atoms with Crippen molar-refractivity contribution >= 4 is 10.9 Å². The van der Waals surface area contributed by atoms with Crippen molar-refractivity contribution < 1.29 is 4.74 Å². The van der Waals surface area contributed by atoms with Crippen LogP contribution in [-0.2, 0) is 12.8 Å². The summed E-state index contributed by atoms with van der Waals surface area (Å²) in [7, 11) is 0. The lowest BCUT2D eigenvalue weighted by atomic mass is 9.98. The van der Waals surface area contributed by atoms with Crippen molar-refractivity contribution in [2.45, 2.75) is 39.2 Å². The average Bonchev–Trinajstić information content (AvgIpc) is 2.82. The molecule has 1 aromatic carbocycles. The van der Waals surface area contributed by atoms with Gasteiger partial charge in [0.15, 0.2) is 0 Å². The van der Waals surface area contributed by atoms with E-state index >= 15 is 0 Å². The van der Waals surface area contributed by atoms with Crippen LogP contribution in [-0.4, -0.2) is 24.2 Å². The Morgan fingerprint density at radius 2 is 2.26 bits per heavy atom. The minimum atomic E-state index is 0.544. The van der Waals surface area contributed by atoms with E-state index in [1.165, 1.54) is 22.0 Å². The molecule has 0 saturated heterocycles. The molecule has 1 aliphatic heterocycles. The molecular formula is C16H22N2O. The van der Waals surface area contributed by atoms with Crippen LogP contribution in [0.3, 0.4) is 0 Å². The van der Waals surface area contributed by atoms with Gasteiger partial charge in [-0.2, -0.15) is 0 Å². The number of benzene rings is 1. The molecule has 19 heavy (non-hydrogen) atoms. The van der Waals surface area contributed by atoms with Gasteiger partial charge in [0.2, 0.25) is 0 Å². The predicted molar refractivity (Wildman–Crippen MR) is 79.0 cm³/mol. The second-order valence-corrected chi connectivity index (χ2v) is 5.59. The molecule has 2 heterocycles. The normalized spacial score (nSPS) is 14.7. The van der Waals surface area contributed by atoms with Gasteiger partial charge in [-0.25, -0.2) is 0 Å². The summed E-state index contributed by atoms with van der Waals surface area (Å²) < 4.78 is 5.77. The molecule has 2 N–H and O–H groups in total. The topological polar surface area (TPSA) is 37.0 Å². The number of rotatable bonds is 4. The van der Waals surface area contributed by atoms with E-state index < -0.39 is 0 Å². The van der Waals surface area contributed by atoms with Crippen LogP contribution in [0.5, 0.6) is 5.75 Å². The Labute approximate surface area is 114 Å². The van der Waals surface area contributed by atoms with Gasteiger partial charge in [-0.15, -0.1) is 0 Å². The Morgan fingerprint density at radius 3 is 3.11 bits per heavy atom. The maximum atomic E-state index is 5.77. The van der Waals surface area contributed by atoms with Gasteiger partial charge in [0.1, 0.15) is 5.75 Å². The molecule has 0 fully saturated rings. The Hall–Kier alpha value is -1.48. The number of aromatic nitrogens is 1. The summed E-state index contributed by atoms with van der Waals surface area (Å²) in [6, 6.07) is 4.78. The molecular weight excluding hydrogens is 236 g/mol. The molecule has 1 aromatic heterocycles. The first-order valence-electron chi connectivity index (χ1n) is 7.23. The van der Waals surface area contributed by atoms with Crippen molar-refractivity contribution in [3.63, 3.8) is 0 Å². The highest BCUT2D eigenvalue weighted by Gasteiger charge is 2.16. The molecule has 0 amide bonds. The summed E-state index contributed by atoms with van der Waals surface area (Å²) in [5, 5.41) is 4.87. The highest BCUT2D eigenvalue weighted by Crippen LogP contribution is 2.33. The largest absolute Gasteiger partial charge is 0.493 e. The highest BCUT2D eigenvalue weighted by atomic mass is 16.5. The Morgan fingerprint density at radius 1 is 1.37 bits per heavy atom. The molecule has 0 atom stereocenters. The smallest absolute Gasteiger partial charge is 0.123 e. The summed E-state index contributed by atoms with van der Waals surface area (Å²) in [6.07, 6.45) is 5.48. The molecule has 0 unspecified atom stereocenters. The molecule has 102 valence electrons. The third kappa shape index (κ3) is 2.47. The first kappa shape index (κ1) is 12.5. The lowest BCUT2D eigenvalue weighted by Gasteiger charge is -2.18. The monoisotopic (exact) mass is 258 g/mol. The van der Waals surface area contributed by atoms with E-state index in [2.05, 4.69) is 42.5 Å². The third-order valence-corrected chi connectivity index (χ3v) is 3.77. The Balaban J connectivity index is 1.92. The van der Waals surface area contributed by atoms with Gasteiger partial charge in [-0.1, -0.05) is 13.8 Å². The second-order valence-electron chi connectivity index (χ2n) is 5.59. The summed E-state index contributed by atoms with van der Waals surface area (Å²) in [4.78, 5) is 3.39. The number of hydrogen-bond acceptors (Lipinski definition) is 2. The van der Waals surface area contributed by atoms with E-state index in [1.807, 2.05) is 0 Å². The van der Waals surface area contributed by atoms with Crippen LogP contribution < -0.4 is 10.1 Å². The molecule has 0 spiro atoms. The lowest BCUT2D eigenvalue weighted by molar-refractivity contribution is 0.289. The fourth-order valence-corrected chi connectivity index (χ4v) is 2.86. The number of nitrogens with one attached hydrogen (secondary N) is 2. The number of hydrogen-bond donors (Lipinski definition) is 2. The molecule has 0 bridgehead atoms. The fraction of sp³-hybridized carbons (Fsp3) is 0.500. The quantitative estimate of drug-likeness (QED) is 0.884. The standard InChI is InChI=1S/C16H22N2O/c1-11(2)17-8-7-12-10-18-14-5-6-15-13(16(12)14)4-3-9-19-15/h5-6,10-11,17-18H,3-4,7-9H2,1-2H3. The van der Waals surface area contributed by atoms with E-state index in [4.69, 9.17) is 4.74 Å².